The van der Waals surface area contributed by atoms with Crippen molar-refractivity contribution in [1.82, 2.24) is 0 Å². The summed E-state index contributed by atoms with van der Waals surface area (Å²) in [5.41, 5.74) is 3.09. The normalized spacial score (nSPS) is 15.0. The van der Waals surface area contributed by atoms with E-state index in [1.54, 1.807) is 26.4 Å². The summed E-state index contributed by atoms with van der Waals surface area (Å²) in [6.07, 6.45) is 2.42. The van der Waals surface area contributed by atoms with Crippen molar-refractivity contribution in [2.45, 2.75) is 6.42 Å². The Hall–Kier alpha value is -2.75. The molecule has 22 heavy (non-hydrogen) atoms. The van der Waals surface area contributed by atoms with Crippen LogP contribution in [0, 0.1) is 0 Å². The number of carbonyl (C=O) groups is 1. The van der Waals surface area contributed by atoms with Crippen LogP contribution in [0.3, 0.4) is 0 Å². The summed E-state index contributed by atoms with van der Waals surface area (Å²) in [6, 6.07) is 10.4. The minimum Gasteiger partial charge on any atom is -0.508 e. The van der Waals surface area contributed by atoms with Crippen molar-refractivity contribution in [2.75, 3.05) is 14.2 Å². The number of phenols is 1. The molecule has 112 valence electrons. The van der Waals surface area contributed by atoms with Gasteiger partial charge in [0.25, 0.3) is 0 Å². The fraction of sp³-hybridized carbons (Fsp3) is 0.167. The van der Waals surface area contributed by atoms with Gasteiger partial charge in [0, 0.05) is 17.6 Å². The summed E-state index contributed by atoms with van der Waals surface area (Å²) >= 11 is 0. The summed E-state index contributed by atoms with van der Waals surface area (Å²) in [6.45, 7) is 0. The smallest absolute Gasteiger partial charge is 0.189 e. The molecule has 0 bridgehead atoms. The fourth-order valence-corrected chi connectivity index (χ4v) is 2.65. The number of allylic oxidation sites excluding steroid dienone is 1. The summed E-state index contributed by atoms with van der Waals surface area (Å²) < 4.78 is 10.5. The average Bonchev–Trinajstić information content (AvgIpc) is 2.83. The van der Waals surface area contributed by atoms with Gasteiger partial charge in [-0.3, -0.25) is 4.79 Å². The van der Waals surface area contributed by atoms with E-state index in [4.69, 9.17) is 9.47 Å². The van der Waals surface area contributed by atoms with Crippen LogP contribution in [0.5, 0.6) is 17.2 Å². The molecule has 0 atom stereocenters. The number of ketones is 1. The van der Waals surface area contributed by atoms with Gasteiger partial charge in [0.2, 0.25) is 0 Å². The van der Waals surface area contributed by atoms with Gasteiger partial charge in [0.05, 0.1) is 14.2 Å². The van der Waals surface area contributed by atoms with Crippen LogP contribution < -0.4 is 9.47 Å². The maximum atomic E-state index is 12.4. The van der Waals surface area contributed by atoms with Crippen molar-refractivity contribution in [1.29, 1.82) is 0 Å². The van der Waals surface area contributed by atoms with Gasteiger partial charge in [-0.2, -0.15) is 0 Å². The van der Waals surface area contributed by atoms with Crippen LogP contribution in [0.15, 0.2) is 42.0 Å². The number of rotatable bonds is 3. The third-order valence-electron chi connectivity index (χ3n) is 3.76. The fourth-order valence-electron chi connectivity index (χ4n) is 2.65. The van der Waals surface area contributed by atoms with E-state index in [0.717, 1.165) is 11.1 Å². The highest BCUT2D eigenvalue weighted by molar-refractivity contribution is 6.15. The quantitative estimate of drug-likeness (QED) is 0.884. The molecule has 0 radical (unpaired) electrons. The van der Waals surface area contributed by atoms with Crippen molar-refractivity contribution in [2.24, 2.45) is 0 Å². The summed E-state index contributed by atoms with van der Waals surface area (Å²) in [4.78, 5) is 12.4. The molecule has 0 aromatic heterocycles. The first-order valence-electron chi connectivity index (χ1n) is 6.91. The molecule has 0 heterocycles. The van der Waals surface area contributed by atoms with E-state index in [2.05, 4.69) is 0 Å². The third-order valence-corrected chi connectivity index (χ3v) is 3.76. The lowest BCUT2D eigenvalue weighted by Crippen LogP contribution is -1.95. The van der Waals surface area contributed by atoms with Crippen LogP contribution in [0.25, 0.3) is 6.08 Å². The predicted octanol–water partition coefficient (Wildman–Crippen LogP) is 3.23. The van der Waals surface area contributed by atoms with Crippen LogP contribution in [0.4, 0.5) is 0 Å². The summed E-state index contributed by atoms with van der Waals surface area (Å²) in [5, 5.41) is 9.51. The van der Waals surface area contributed by atoms with Crippen molar-refractivity contribution in [3.63, 3.8) is 0 Å². The van der Waals surface area contributed by atoms with Gasteiger partial charge in [0.1, 0.15) is 5.75 Å². The second-order valence-corrected chi connectivity index (χ2v) is 5.13. The lowest BCUT2D eigenvalue weighted by molar-refractivity contribution is 0.104. The lowest BCUT2D eigenvalue weighted by atomic mass is 10.1. The van der Waals surface area contributed by atoms with E-state index in [0.29, 0.717) is 29.1 Å². The number of benzene rings is 2. The number of fused-ring (bicyclic) bond motifs is 1. The van der Waals surface area contributed by atoms with Gasteiger partial charge >= 0.3 is 0 Å². The molecule has 0 aliphatic heterocycles. The topological polar surface area (TPSA) is 55.8 Å². The molecule has 0 unspecified atom stereocenters. The van der Waals surface area contributed by atoms with E-state index in [1.807, 2.05) is 24.3 Å². The Morgan fingerprint density at radius 1 is 1.05 bits per heavy atom. The van der Waals surface area contributed by atoms with Gasteiger partial charge in [0.15, 0.2) is 17.3 Å². The molecule has 3 rings (SSSR count). The zero-order chi connectivity index (χ0) is 15.7. The van der Waals surface area contributed by atoms with Crippen LogP contribution in [-0.2, 0) is 6.42 Å². The van der Waals surface area contributed by atoms with Gasteiger partial charge in [-0.05, 0) is 41.5 Å². The number of hydrogen-bond donors (Lipinski definition) is 1. The number of hydrogen-bond acceptors (Lipinski definition) is 4. The zero-order valence-corrected chi connectivity index (χ0v) is 12.4. The maximum Gasteiger partial charge on any atom is 0.189 e. The molecule has 0 amide bonds. The average molecular weight is 296 g/mol. The molecule has 1 N–H and O–H groups in total. The molecule has 0 fully saturated rings. The maximum absolute atomic E-state index is 12.4. The summed E-state index contributed by atoms with van der Waals surface area (Å²) in [7, 11) is 3.16. The monoisotopic (exact) mass is 296 g/mol. The van der Waals surface area contributed by atoms with Crippen molar-refractivity contribution in [3.8, 4) is 17.2 Å². The van der Waals surface area contributed by atoms with Gasteiger partial charge in [-0.25, -0.2) is 0 Å². The first-order chi connectivity index (χ1) is 10.6. The molecular weight excluding hydrogens is 280 g/mol. The summed E-state index contributed by atoms with van der Waals surface area (Å²) in [5.74, 6) is 1.34. The van der Waals surface area contributed by atoms with Crippen molar-refractivity contribution in [3.05, 3.63) is 58.7 Å². The van der Waals surface area contributed by atoms with E-state index in [9.17, 15) is 9.90 Å². The Morgan fingerprint density at radius 3 is 2.55 bits per heavy atom. The molecule has 1 aliphatic rings. The SMILES string of the molecule is COc1ccc(C=C2Cc3ccc(O)cc3C2=O)cc1OC. The lowest BCUT2D eigenvalue weighted by Gasteiger charge is -2.08. The Balaban J connectivity index is 1.96. The van der Waals surface area contributed by atoms with Gasteiger partial charge in [-0.1, -0.05) is 12.1 Å². The van der Waals surface area contributed by atoms with E-state index in [-0.39, 0.29) is 11.5 Å². The van der Waals surface area contributed by atoms with E-state index >= 15 is 0 Å². The standard InChI is InChI=1S/C18H16O4/c1-21-16-6-3-11(8-17(16)22-2)7-13-9-12-4-5-14(19)10-15(12)18(13)20/h3-8,10,19H,9H2,1-2H3. The van der Waals surface area contributed by atoms with Gasteiger partial charge < -0.3 is 14.6 Å². The highest BCUT2D eigenvalue weighted by Crippen LogP contribution is 2.32. The number of aromatic hydroxyl groups is 1. The first-order valence-corrected chi connectivity index (χ1v) is 6.91. The largest absolute Gasteiger partial charge is 0.508 e. The zero-order valence-electron chi connectivity index (χ0n) is 12.4. The van der Waals surface area contributed by atoms with Crippen LogP contribution in [0.1, 0.15) is 21.5 Å². The highest BCUT2D eigenvalue weighted by atomic mass is 16.5. The number of carbonyl (C=O) groups excluding carboxylic acids is 1. The Morgan fingerprint density at radius 2 is 1.82 bits per heavy atom. The second-order valence-electron chi connectivity index (χ2n) is 5.13. The molecular formula is C18H16O4. The number of Topliss-reactive ketones (excluding diaryl/α,β-unsaturated/α-hetero) is 1. The molecule has 0 saturated heterocycles. The molecule has 0 saturated carbocycles. The minimum absolute atomic E-state index is 0.0410. The molecule has 0 spiro atoms. The minimum atomic E-state index is -0.0410. The molecule has 4 nitrogen and oxygen atoms in total. The predicted molar refractivity (Wildman–Crippen MR) is 83.7 cm³/mol. The molecule has 2 aromatic carbocycles. The third kappa shape index (κ3) is 2.44. The van der Waals surface area contributed by atoms with Crippen LogP contribution in [0.2, 0.25) is 0 Å². The number of phenolic OH excluding ortho intramolecular Hbond substituents is 1. The highest BCUT2D eigenvalue weighted by Gasteiger charge is 2.25. The number of methoxy groups -OCH3 is 2. The molecule has 1 aliphatic carbocycles. The Labute approximate surface area is 128 Å². The van der Waals surface area contributed by atoms with E-state index < -0.39 is 0 Å². The van der Waals surface area contributed by atoms with Crippen LogP contribution >= 0.6 is 0 Å². The molecule has 2 aromatic rings. The first kappa shape index (κ1) is 14.2. The van der Waals surface area contributed by atoms with Crippen LogP contribution in [-0.4, -0.2) is 25.1 Å². The second kappa shape index (κ2) is 5.56. The van der Waals surface area contributed by atoms with E-state index in [1.165, 1.54) is 6.07 Å². The van der Waals surface area contributed by atoms with Gasteiger partial charge in [-0.15, -0.1) is 0 Å². The Bertz CT molecular complexity index is 775. The molecule has 4 heteroatoms. The number of ether oxygens (including phenoxy) is 2. The van der Waals surface area contributed by atoms with Crippen molar-refractivity contribution >= 4 is 11.9 Å². The Kier molecular flexibility index (Phi) is 3.59. The van der Waals surface area contributed by atoms with Crippen molar-refractivity contribution < 1.29 is 19.4 Å².